The maximum Gasteiger partial charge on any atom is 0.433 e. The van der Waals surface area contributed by atoms with E-state index in [1.54, 1.807) is 0 Å². The second-order valence-electron chi connectivity index (χ2n) is 2.56. The number of hydrogen-bond donors (Lipinski definition) is 1. The Morgan fingerprint density at radius 2 is 2.07 bits per heavy atom. The van der Waals surface area contributed by atoms with Crippen LogP contribution in [-0.2, 0) is 6.18 Å². The topological polar surface area (TPSA) is 28.7 Å². The summed E-state index contributed by atoms with van der Waals surface area (Å²) in [5.41, 5.74) is -0.358. The second kappa shape index (κ2) is 3.03. The largest absolute Gasteiger partial charge is 0.433 e. The van der Waals surface area contributed by atoms with Gasteiger partial charge in [-0.15, -0.1) is 0 Å². The Morgan fingerprint density at radius 3 is 2.71 bits per heavy atom. The summed E-state index contributed by atoms with van der Waals surface area (Å²) in [6, 6.07) is 2.26. The summed E-state index contributed by atoms with van der Waals surface area (Å²) < 4.78 is 37.1. The zero-order chi connectivity index (χ0) is 10.3. The smallest absolute Gasteiger partial charge is 0.336 e. The second-order valence-corrected chi connectivity index (χ2v) is 4.23. The Hall–Kier alpha value is -0.950. The first-order valence-corrected chi connectivity index (χ1v) is 4.76. The van der Waals surface area contributed by atoms with E-state index in [2.05, 4.69) is 9.97 Å². The summed E-state index contributed by atoms with van der Waals surface area (Å²) in [4.78, 5) is 6.49. The van der Waals surface area contributed by atoms with Gasteiger partial charge in [-0.1, -0.05) is 11.3 Å². The fraction of sp³-hybridized carbons (Fsp3) is 0.143. The highest BCUT2D eigenvalue weighted by Gasteiger charge is 2.32. The predicted molar refractivity (Wildman–Crippen MR) is 49.8 cm³/mol. The molecule has 2 heterocycles. The number of rotatable bonds is 0. The third-order valence-electron chi connectivity index (χ3n) is 1.58. The van der Waals surface area contributed by atoms with E-state index in [1.807, 2.05) is 0 Å². The molecule has 0 aliphatic rings. The van der Waals surface area contributed by atoms with Crippen molar-refractivity contribution in [3.05, 3.63) is 21.8 Å². The van der Waals surface area contributed by atoms with Crippen LogP contribution in [0.25, 0.3) is 10.3 Å². The number of aromatic nitrogens is 2. The molecule has 2 aromatic rings. The zero-order valence-corrected chi connectivity index (χ0v) is 8.19. The molecule has 0 aromatic carbocycles. The molecular weight excluding hydrogens is 233 g/mol. The van der Waals surface area contributed by atoms with Gasteiger partial charge in [0.05, 0.1) is 5.52 Å². The molecule has 74 valence electrons. The molecule has 7 heteroatoms. The summed E-state index contributed by atoms with van der Waals surface area (Å²) in [5.74, 6) is 0. The molecule has 0 bridgehead atoms. The van der Waals surface area contributed by atoms with Crippen molar-refractivity contribution >= 4 is 33.9 Å². The predicted octanol–water partition coefficient (Wildman–Crippen LogP) is 3.37. The van der Waals surface area contributed by atoms with Crippen LogP contribution < -0.4 is 0 Å². The number of alkyl halides is 3. The van der Waals surface area contributed by atoms with Crippen molar-refractivity contribution in [1.29, 1.82) is 0 Å². The van der Waals surface area contributed by atoms with Gasteiger partial charge in [-0.2, -0.15) is 13.2 Å². The molecule has 0 aliphatic heterocycles. The number of halogens is 3. The standard InChI is InChI=1S/C7H3F3N2S2/c8-7(9,10)4-2-1-3-5(12-4)14-6(13)11-3/h1-2H,(H,11,13). The lowest BCUT2D eigenvalue weighted by Crippen LogP contribution is -2.06. The molecule has 2 nitrogen and oxygen atoms in total. The summed E-state index contributed by atoms with van der Waals surface area (Å²) in [5, 5.41) is 0. The minimum Gasteiger partial charge on any atom is -0.336 e. The Bertz CT molecular complexity index is 525. The minimum atomic E-state index is -4.40. The molecule has 1 N–H and O–H groups in total. The van der Waals surface area contributed by atoms with E-state index in [1.165, 1.54) is 6.07 Å². The van der Waals surface area contributed by atoms with Crippen LogP contribution in [0.5, 0.6) is 0 Å². The Kier molecular flexibility index (Phi) is 2.07. The highest BCUT2D eigenvalue weighted by Crippen LogP contribution is 2.29. The van der Waals surface area contributed by atoms with Gasteiger partial charge in [0.15, 0.2) is 3.95 Å². The van der Waals surface area contributed by atoms with Gasteiger partial charge < -0.3 is 4.98 Å². The van der Waals surface area contributed by atoms with Crippen molar-refractivity contribution in [2.45, 2.75) is 6.18 Å². The third-order valence-corrected chi connectivity index (χ3v) is 2.72. The number of nitrogens with zero attached hydrogens (tertiary/aromatic N) is 1. The first kappa shape index (κ1) is 9.60. The molecule has 14 heavy (non-hydrogen) atoms. The van der Waals surface area contributed by atoms with Gasteiger partial charge in [-0.25, -0.2) is 4.98 Å². The third kappa shape index (κ3) is 1.64. The van der Waals surface area contributed by atoms with E-state index in [9.17, 15) is 13.2 Å². The monoisotopic (exact) mass is 236 g/mol. The molecule has 0 atom stereocenters. The number of pyridine rings is 1. The van der Waals surface area contributed by atoms with Crippen molar-refractivity contribution in [2.75, 3.05) is 0 Å². The highest BCUT2D eigenvalue weighted by atomic mass is 32.1. The summed E-state index contributed by atoms with van der Waals surface area (Å²) in [6.45, 7) is 0. The maximum absolute atomic E-state index is 12.2. The first-order chi connectivity index (χ1) is 6.47. The van der Waals surface area contributed by atoms with E-state index < -0.39 is 11.9 Å². The van der Waals surface area contributed by atoms with E-state index in [-0.39, 0.29) is 4.83 Å². The Balaban J connectivity index is 2.67. The van der Waals surface area contributed by atoms with Gasteiger partial charge in [0.2, 0.25) is 0 Å². The molecule has 0 saturated heterocycles. The van der Waals surface area contributed by atoms with E-state index in [4.69, 9.17) is 12.2 Å². The number of nitrogens with one attached hydrogen (secondary N) is 1. The number of thiazole rings is 1. The SMILES string of the molecule is FC(F)(F)c1ccc2[nH]c(=S)sc2n1. The van der Waals surface area contributed by atoms with Gasteiger partial charge in [0.25, 0.3) is 0 Å². The summed E-state index contributed by atoms with van der Waals surface area (Å²) in [6.07, 6.45) is -4.40. The van der Waals surface area contributed by atoms with Crippen LogP contribution in [0.15, 0.2) is 12.1 Å². The molecule has 0 fully saturated rings. The summed E-state index contributed by atoms with van der Waals surface area (Å²) >= 11 is 5.82. The average molecular weight is 236 g/mol. The lowest BCUT2D eigenvalue weighted by atomic mass is 10.3. The fourth-order valence-electron chi connectivity index (χ4n) is 0.995. The Labute approximate surface area is 85.4 Å². The molecule has 0 aliphatic carbocycles. The lowest BCUT2D eigenvalue weighted by Gasteiger charge is -2.03. The lowest BCUT2D eigenvalue weighted by molar-refractivity contribution is -0.140. The highest BCUT2D eigenvalue weighted by molar-refractivity contribution is 7.73. The van der Waals surface area contributed by atoms with Crippen LogP contribution in [0.3, 0.4) is 0 Å². The molecule has 0 radical (unpaired) electrons. The van der Waals surface area contributed by atoms with Crippen LogP contribution in [-0.4, -0.2) is 9.97 Å². The van der Waals surface area contributed by atoms with Gasteiger partial charge in [-0.05, 0) is 24.4 Å². The molecule has 0 unspecified atom stereocenters. The minimum absolute atomic E-state index is 0.282. The van der Waals surface area contributed by atoms with E-state index >= 15 is 0 Å². The molecule has 0 amide bonds. The molecular formula is C7H3F3N2S2. The number of hydrogen-bond acceptors (Lipinski definition) is 3. The van der Waals surface area contributed by atoms with Crippen molar-refractivity contribution in [3.8, 4) is 0 Å². The quantitative estimate of drug-likeness (QED) is 0.710. The number of H-pyrrole nitrogens is 1. The van der Waals surface area contributed by atoms with Gasteiger partial charge in [0.1, 0.15) is 10.5 Å². The Morgan fingerprint density at radius 1 is 1.36 bits per heavy atom. The number of fused-ring (bicyclic) bond motifs is 1. The van der Waals surface area contributed by atoms with Crippen molar-refractivity contribution in [3.63, 3.8) is 0 Å². The molecule has 0 spiro atoms. The van der Waals surface area contributed by atoms with Gasteiger partial charge >= 0.3 is 6.18 Å². The molecule has 0 saturated carbocycles. The van der Waals surface area contributed by atoms with E-state index in [0.717, 1.165) is 17.4 Å². The van der Waals surface area contributed by atoms with Crippen molar-refractivity contribution in [1.82, 2.24) is 9.97 Å². The number of aromatic amines is 1. The maximum atomic E-state index is 12.2. The van der Waals surface area contributed by atoms with Crippen molar-refractivity contribution in [2.24, 2.45) is 0 Å². The zero-order valence-electron chi connectivity index (χ0n) is 6.55. The van der Waals surface area contributed by atoms with Crippen LogP contribution >= 0.6 is 23.6 Å². The molecule has 2 rings (SSSR count). The van der Waals surface area contributed by atoms with Gasteiger partial charge in [0, 0.05) is 0 Å². The normalized spacial score (nSPS) is 12.2. The average Bonchev–Trinajstić information content (AvgIpc) is 2.41. The van der Waals surface area contributed by atoms with E-state index in [0.29, 0.717) is 9.47 Å². The first-order valence-electron chi connectivity index (χ1n) is 3.54. The molecule has 2 aromatic heterocycles. The van der Waals surface area contributed by atoms with Crippen LogP contribution in [0.4, 0.5) is 13.2 Å². The van der Waals surface area contributed by atoms with Crippen LogP contribution in [0, 0.1) is 3.95 Å². The van der Waals surface area contributed by atoms with Crippen LogP contribution in [0.2, 0.25) is 0 Å². The fourth-order valence-corrected chi connectivity index (χ4v) is 2.05. The van der Waals surface area contributed by atoms with Crippen molar-refractivity contribution < 1.29 is 13.2 Å². The van der Waals surface area contributed by atoms with Crippen LogP contribution in [0.1, 0.15) is 5.69 Å². The summed E-state index contributed by atoms with van der Waals surface area (Å²) in [7, 11) is 0. The van der Waals surface area contributed by atoms with Gasteiger partial charge in [-0.3, -0.25) is 0 Å².